The number of ether oxygens (including phenoxy) is 1. The predicted octanol–water partition coefficient (Wildman–Crippen LogP) is 4.68. The van der Waals surface area contributed by atoms with Crippen LogP contribution in [0.4, 0.5) is 10.1 Å². The molecule has 3 aromatic rings. The zero-order chi connectivity index (χ0) is 21.6. The second-order valence-electron chi connectivity index (χ2n) is 7.56. The summed E-state index contributed by atoms with van der Waals surface area (Å²) >= 11 is 0. The van der Waals surface area contributed by atoms with Crippen molar-refractivity contribution in [1.82, 2.24) is 5.32 Å². The highest BCUT2D eigenvalue weighted by atomic mass is 19.1. The van der Waals surface area contributed by atoms with Crippen LogP contribution in [0.25, 0.3) is 0 Å². The van der Waals surface area contributed by atoms with Crippen LogP contribution < -0.4 is 15.4 Å². The van der Waals surface area contributed by atoms with Gasteiger partial charge in [-0.2, -0.15) is 0 Å². The average Bonchev–Trinajstić information content (AvgIpc) is 3.63. The molecule has 0 aliphatic heterocycles. The van der Waals surface area contributed by atoms with Gasteiger partial charge in [0.2, 0.25) is 5.91 Å². The Morgan fingerprint density at radius 2 is 1.71 bits per heavy atom. The molecule has 2 N–H and O–H groups in total. The lowest BCUT2D eigenvalue weighted by Crippen LogP contribution is -2.23. The van der Waals surface area contributed by atoms with E-state index in [1.165, 1.54) is 12.1 Å². The quantitative estimate of drug-likeness (QED) is 0.558. The van der Waals surface area contributed by atoms with Crippen molar-refractivity contribution in [2.75, 3.05) is 5.32 Å². The number of carbonyl (C=O) groups is 2. The van der Waals surface area contributed by atoms with Crippen LogP contribution in [0.2, 0.25) is 0 Å². The predicted molar refractivity (Wildman–Crippen MR) is 116 cm³/mol. The fourth-order valence-corrected chi connectivity index (χ4v) is 3.15. The van der Waals surface area contributed by atoms with Gasteiger partial charge in [-0.1, -0.05) is 36.4 Å². The largest absolute Gasteiger partial charge is 0.488 e. The second kappa shape index (κ2) is 9.43. The minimum atomic E-state index is -0.306. The topological polar surface area (TPSA) is 67.4 Å². The number of rotatable bonds is 8. The molecule has 158 valence electrons. The lowest BCUT2D eigenvalue weighted by atomic mass is 10.1. The van der Waals surface area contributed by atoms with Crippen molar-refractivity contribution in [2.45, 2.75) is 26.0 Å². The van der Waals surface area contributed by atoms with Gasteiger partial charge in [-0.25, -0.2) is 4.39 Å². The molecule has 0 aromatic heterocycles. The van der Waals surface area contributed by atoms with E-state index < -0.39 is 0 Å². The maximum absolute atomic E-state index is 13.1. The first-order chi connectivity index (χ1) is 15.1. The highest BCUT2D eigenvalue weighted by Gasteiger charge is 2.29. The number of anilines is 1. The summed E-state index contributed by atoms with van der Waals surface area (Å²) in [7, 11) is 0. The Bertz CT molecular complexity index is 1080. The number of carbonyl (C=O) groups excluding carboxylic acids is 2. The van der Waals surface area contributed by atoms with Crippen LogP contribution in [0.1, 0.15) is 34.3 Å². The van der Waals surface area contributed by atoms with Crippen LogP contribution in [0.3, 0.4) is 0 Å². The maximum atomic E-state index is 13.1. The van der Waals surface area contributed by atoms with Crippen molar-refractivity contribution in [2.24, 2.45) is 5.92 Å². The first-order valence-electron chi connectivity index (χ1n) is 10.2. The van der Waals surface area contributed by atoms with Gasteiger partial charge in [0.25, 0.3) is 5.91 Å². The molecular weight excluding hydrogens is 395 g/mol. The maximum Gasteiger partial charge on any atom is 0.255 e. The molecule has 6 heteroatoms. The van der Waals surface area contributed by atoms with Crippen LogP contribution in [0.15, 0.2) is 72.8 Å². The molecule has 0 bridgehead atoms. The zero-order valence-electron chi connectivity index (χ0n) is 16.9. The van der Waals surface area contributed by atoms with Crippen molar-refractivity contribution < 1.29 is 18.7 Å². The lowest BCUT2D eigenvalue weighted by molar-refractivity contribution is -0.117. The molecule has 0 spiro atoms. The smallest absolute Gasteiger partial charge is 0.255 e. The van der Waals surface area contributed by atoms with Gasteiger partial charge in [-0.15, -0.1) is 0 Å². The Hall–Kier alpha value is -3.67. The highest BCUT2D eigenvalue weighted by molar-refractivity contribution is 5.97. The summed E-state index contributed by atoms with van der Waals surface area (Å²) < 4.78 is 18.9. The van der Waals surface area contributed by atoms with E-state index in [1.807, 2.05) is 24.3 Å². The molecule has 1 aliphatic carbocycles. The van der Waals surface area contributed by atoms with Crippen molar-refractivity contribution in [3.05, 3.63) is 95.3 Å². The van der Waals surface area contributed by atoms with E-state index in [0.717, 1.165) is 29.7 Å². The van der Waals surface area contributed by atoms with E-state index in [4.69, 9.17) is 4.74 Å². The molecule has 1 aliphatic rings. The van der Waals surface area contributed by atoms with Crippen LogP contribution in [0, 0.1) is 11.7 Å². The monoisotopic (exact) mass is 418 g/mol. The van der Waals surface area contributed by atoms with Gasteiger partial charge in [-0.3, -0.25) is 9.59 Å². The second-order valence-corrected chi connectivity index (χ2v) is 7.56. The number of nitrogens with one attached hydrogen (secondary N) is 2. The molecule has 3 aromatic carbocycles. The third-order valence-corrected chi connectivity index (χ3v) is 5.04. The van der Waals surface area contributed by atoms with Crippen LogP contribution >= 0.6 is 0 Å². The molecule has 0 heterocycles. The molecular formula is C25H23FN2O3. The minimum Gasteiger partial charge on any atom is -0.488 e. The molecule has 0 radical (unpaired) electrons. The Labute approximate surface area is 180 Å². The number of amides is 2. The highest BCUT2D eigenvalue weighted by Crippen LogP contribution is 2.30. The van der Waals surface area contributed by atoms with Gasteiger partial charge in [0.1, 0.15) is 18.2 Å². The van der Waals surface area contributed by atoms with Gasteiger partial charge >= 0.3 is 0 Å². The summed E-state index contributed by atoms with van der Waals surface area (Å²) in [6.45, 7) is 0.547. The van der Waals surface area contributed by atoms with Crippen LogP contribution in [0.5, 0.6) is 5.75 Å². The molecule has 31 heavy (non-hydrogen) atoms. The zero-order valence-corrected chi connectivity index (χ0v) is 16.9. The summed E-state index contributed by atoms with van der Waals surface area (Å²) in [5.41, 5.74) is 2.84. The van der Waals surface area contributed by atoms with Crippen molar-refractivity contribution >= 4 is 17.5 Å². The van der Waals surface area contributed by atoms with Gasteiger partial charge < -0.3 is 15.4 Å². The lowest BCUT2D eigenvalue weighted by Gasteiger charge is -2.12. The average molecular weight is 418 g/mol. The van der Waals surface area contributed by atoms with Crippen molar-refractivity contribution in [3.63, 3.8) is 0 Å². The number of halogens is 1. The SMILES string of the molecule is O=C(NCc1cccc(NC(=O)C2CC2)c1)c1ccccc1OCc1ccc(F)cc1. The number of hydrogen-bond acceptors (Lipinski definition) is 3. The van der Waals surface area contributed by atoms with E-state index in [2.05, 4.69) is 10.6 Å². The summed E-state index contributed by atoms with van der Waals surface area (Å²) in [4.78, 5) is 24.7. The van der Waals surface area contributed by atoms with Gasteiger partial charge in [0.05, 0.1) is 5.56 Å². The van der Waals surface area contributed by atoms with E-state index in [-0.39, 0.29) is 30.2 Å². The molecule has 0 saturated heterocycles. The van der Waals surface area contributed by atoms with Crippen LogP contribution in [-0.2, 0) is 17.9 Å². The third kappa shape index (κ3) is 5.69. The fourth-order valence-electron chi connectivity index (χ4n) is 3.15. The summed E-state index contributed by atoms with van der Waals surface area (Å²) in [6, 6.07) is 20.5. The minimum absolute atomic E-state index is 0.0495. The fraction of sp³-hybridized carbons (Fsp3) is 0.200. The Morgan fingerprint density at radius 1 is 0.935 bits per heavy atom. The summed E-state index contributed by atoms with van der Waals surface area (Å²) in [5, 5.41) is 5.81. The first kappa shape index (κ1) is 20.6. The number of benzene rings is 3. The molecule has 1 saturated carbocycles. The van der Waals surface area contributed by atoms with Crippen molar-refractivity contribution in [3.8, 4) is 5.75 Å². The number of hydrogen-bond donors (Lipinski definition) is 2. The summed E-state index contributed by atoms with van der Waals surface area (Å²) in [6.07, 6.45) is 1.90. The van der Waals surface area contributed by atoms with Crippen molar-refractivity contribution in [1.29, 1.82) is 0 Å². The molecule has 0 atom stereocenters. The molecule has 4 rings (SSSR count). The molecule has 5 nitrogen and oxygen atoms in total. The van der Waals surface area contributed by atoms with E-state index in [1.54, 1.807) is 36.4 Å². The summed E-state index contributed by atoms with van der Waals surface area (Å²) in [5.74, 6) is 0.0692. The normalized spacial score (nSPS) is 12.8. The third-order valence-electron chi connectivity index (χ3n) is 5.04. The van der Waals surface area contributed by atoms with E-state index >= 15 is 0 Å². The Kier molecular flexibility index (Phi) is 6.26. The Balaban J connectivity index is 1.36. The van der Waals surface area contributed by atoms with Gasteiger partial charge in [-0.05, 0) is 60.4 Å². The van der Waals surface area contributed by atoms with Gasteiger partial charge in [0.15, 0.2) is 0 Å². The first-order valence-corrected chi connectivity index (χ1v) is 10.2. The van der Waals surface area contributed by atoms with Gasteiger partial charge in [0, 0.05) is 18.2 Å². The van der Waals surface area contributed by atoms with Crippen LogP contribution in [-0.4, -0.2) is 11.8 Å². The Morgan fingerprint density at radius 3 is 2.48 bits per heavy atom. The standard InChI is InChI=1S/C25H23FN2O3/c26-20-12-8-17(9-13-20)16-31-23-7-2-1-6-22(23)25(30)27-15-18-4-3-5-21(14-18)28-24(29)19-10-11-19/h1-9,12-14,19H,10-11,15-16H2,(H,27,30)(H,28,29). The number of para-hydroxylation sites is 1. The van der Waals surface area contributed by atoms with E-state index in [9.17, 15) is 14.0 Å². The van der Waals surface area contributed by atoms with E-state index in [0.29, 0.717) is 17.9 Å². The molecule has 2 amide bonds. The molecule has 1 fully saturated rings. The molecule has 0 unspecified atom stereocenters.